The molecule has 2 unspecified atom stereocenters. The van der Waals surface area contributed by atoms with Gasteiger partial charge in [0.05, 0.1) is 6.04 Å². The first-order valence-electron chi connectivity index (χ1n) is 5.09. The number of benzene rings is 1. The van der Waals surface area contributed by atoms with E-state index in [-0.39, 0.29) is 31.3 Å². The zero-order valence-electron chi connectivity index (χ0n) is 8.95. The minimum Gasteiger partial charge on any atom is -0.325 e. The van der Waals surface area contributed by atoms with Gasteiger partial charge in [0.25, 0.3) is 0 Å². The molecule has 1 aliphatic heterocycles. The van der Waals surface area contributed by atoms with Crippen molar-refractivity contribution in [2.24, 2.45) is 0 Å². The average Bonchev–Trinajstić information content (AvgIpc) is 2.65. The number of amides is 1. The molecule has 17 heavy (non-hydrogen) atoms. The van der Waals surface area contributed by atoms with Crippen LogP contribution in [-0.4, -0.2) is 24.7 Å². The fraction of sp³-hybridized carbons (Fsp3) is 0.364. The number of alkyl halides is 1. The number of carbonyl (C=O) groups excluding carboxylic acids is 1. The zero-order chi connectivity index (χ0) is 11.5. The van der Waals surface area contributed by atoms with Crippen molar-refractivity contribution in [2.45, 2.75) is 18.6 Å². The summed E-state index contributed by atoms with van der Waals surface area (Å²) in [6, 6.07) is 6.42. The first kappa shape index (κ1) is 14.2. The minimum absolute atomic E-state index is 0. The highest BCUT2D eigenvalue weighted by Crippen LogP contribution is 2.17. The van der Waals surface area contributed by atoms with Crippen molar-refractivity contribution in [3.05, 3.63) is 29.3 Å². The molecule has 0 spiro atoms. The standard InChI is InChI=1S/C11H12ClFN2O.ClH/c12-7-2-1-3-9(4-7)15-11(16)10-5-8(13)6-14-10;/h1-4,8,10,14H,5-6H2,(H,15,16);1H. The van der Waals surface area contributed by atoms with E-state index >= 15 is 0 Å². The number of anilines is 1. The Labute approximate surface area is 110 Å². The Hall–Kier alpha value is -0.840. The quantitative estimate of drug-likeness (QED) is 0.872. The Balaban J connectivity index is 0.00000144. The van der Waals surface area contributed by atoms with Crippen molar-refractivity contribution < 1.29 is 9.18 Å². The van der Waals surface area contributed by atoms with E-state index in [9.17, 15) is 9.18 Å². The lowest BCUT2D eigenvalue weighted by molar-refractivity contribution is -0.117. The molecular formula is C11H13Cl2FN2O. The van der Waals surface area contributed by atoms with Crippen molar-refractivity contribution in [2.75, 3.05) is 11.9 Å². The van der Waals surface area contributed by atoms with Gasteiger partial charge in [0.2, 0.25) is 5.91 Å². The van der Waals surface area contributed by atoms with Gasteiger partial charge < -0.3 is 10.6 Å². The van der Waals surface area contributed by atoms with Crippen molar-refractivity contribution >= 4 is 35.6 Å². The van der Waals surface area contributed by atoms with Gasteiger partial charge in [0, 0.05) is 23.7 Å². The molecule has 1 aliphatic rings. The summed E-state index contributed by atoms with van der Waals surface area (Å²) in [5.41, 5.74) is 0.626. The molecular weight excluding hydrogens is 266 g/mol. The van der Waals surface area contributed by atoms with E-state index in [1.165, 1.54) is 0 Å². The van der Waals surface area contributed by atoms with Crippen LogP contribution in [-0.2, 0) is 4.79 Å². The molecule has 0 bridgehead atoms. The van der Waals surface area contributed by atoms with Crippen molar-refractivity contribution in [3.8, 4) is 0 Å². The molecule has 2 N–H and O–H groups in total. The summed E-state index contributed by atoms with van der Waals surface area (Å²) in [6.45, 7) is 0.244. The molecule has 1 heterocycles. The number of halogens is 3. The van der Waals surface area contributed by atoms with Crippen LogP contribution in [0.15, 0.2) is 24.3 Å². The highest BCUT2D eigenvalue weighted by molar-refractivity contribution is 6.30. The molecule has 94 valence electrons. The van der Waals surface area contributed by atoms with E-state index in [0.717, 1.165) is 0 Å². The Morgan fingerprint density at radius 1 is 1.53 bits per heavy atom. The largest absolute Gasteiger partial charge is 0.325 e. The van der Waals surface area contributed by atoms with E-state index in [1.807, 2.05) is 0 Å². The smallest absolute Gasteiger partial charge is 0.241 e. The lowest BCUT2D eigenvalue weighted by Gasteiger charge is -2.10. The van der Waals surface area contributed by atoms with Crippen LogP contribution in [0.5, 0.6) is 0 Å². The number of rotatable bonds is 2. The maximum absolute atomic E-state index is 12.9. The first-order valence-corrected chi connectivity index (χ1v) is 5.47. The molecule has 0 radical (unpaired) electrons. The highest BCUT2D eigenvalue weighted by atomic mass is 35.5. The Kier molecular flexibility index (Phi) is 5.18. The molecule has 1 fully saturated rings. The van der Waals surface area contributed by atoms with Crippen LogP contribution in [0, 0.1) is 0 Å². The van der Waals surface area contributed by atoms with Gasteiger partial charge in [-0.15, -0.1) is 12.4 Å². The number of carbonyl (C=O) groups is 1. The Morgan fingerprint density at radius 3 is 2.88 bits per heavy atom. The van der Waals surface area contributed by atoms with Crippen LogP contribution in [0.1, 0.15) is 6.42 Å². The molecule has 1 aromatic rings. The molecule has 1 amide bonds. The number of hydrogen-bond acceptors (Lipinski definition) is 2. The van der Waals surface area contributed by atoms with Crippen LogP contribution in [0.4, 0.5) is 10.1 Å². The van der Waals surface area contributed by atoms with Crippen LogP contribution in [0.2, 0.25) is 5.02 Å². The van der Waals surface area contributed by atoms with Gasteiger partial charge in [-0.05, 0) is 18.2 Å². The zero-order valence-corrected chi connectivity index (χ0v) is 10.5. The summed E-state index contributed by atoms with van der Waals surface area (Å²) in [5, 5.41) is 6.07. The van der Waals surface area contributed by atoms with Crippen LogP contribution in [0.3, 0.4) is 0 Å². The summed E-state index contributed by atoms with van der Waals surface area (Å²) < 4.78 is 12.9. The van der Waals surface area contributed by atoms with Gasteiger partial charge in [-0.1, -0.05) is 17.7 Å². The first-order chi connectivity index (χ1) is 7.65. The van der Waals surface area contributed by atoms with E-state index in [1.54, 1.807) is 24.3 Å². The number of hydrogen-bond donors (Lipinski definition) is 2. The summed E-state index contributed by atoms with van der Waals surface area (Å²) in [5.74, 6) is -0.220. The van der Waals surface area contributed by atoms with Crippen molar-refractivity contribution in [1.29, 1.82) is 0 Å². The van der Waals surface area contributed by atoms with Gasteiger partial charge in [0.15, 0.2) is 0 Å². The molecule has 0 aromatic heterocycles. The second-order valence-electron chi connectivity index (χ2n) is 3.79. The van der Waals surface area contributed by atoms with Crippen LogP contribution < -0.4 is 10.6 Å². The van der Waals surface area contributed by atoms with Gasteiger partial charge in [-0.2, -0.15) is 0 Å². The van der Waals surface area contributed by atoms with Crippen molar-refractivity contribution in [1.82, 2.24) is 5.32 Å². The average molecular weight is 279 g/mol. The Morgan fingerprint density at radius 2 is 2.29 bits per heavy atom. The summed E-state index contributed by atoms with van der Waals surface area (Å²) in [7, 11) is 0. The SMILES string of the molecule is Cl.O=C(Nc1cccc(Cl)c1)C1CC(F)CN1. The predicted octanol–water partition coefficient (Wildman–Crippen LogP) is 2.40. The molecule has 6 heteroatoms. The fourth-order valence-corrected chi connectivity index (χ4v) is 1.88. The molecule has 2 rings (SSSR count). The normalized spacial score (nSPS) is 22.9. The van der Waals surface area contributed by atoms with Crippen LogP contribution >= 0.6 is 24.0 Å². The summed E-state index contributed by atoms with van der Waals surface area (Å²) in [6.07, 6.45) is -0.707. The van der Waals surface area contributed by atoms with Crippen molar-refractivity contribution in [3.63, 3.8) is 0 Å². The van der Waals surface area contributed by atoms with E-state index in [0.29, 0.717) is 10.7 Å². The third-order valence-electron chi connectivity index (χ3n) is 2.49. The molecule has 3 nitrogen and oxygen atoms in total. The van der Waals surface area contributed by atoms with E-state index < -0.39 is 12.2 Å². The van der Waals surface area contributed by atoms with Gasteiger partial charge in [0.1, 0.15) is 6.17 Å². The molecule has 0 saturated carbocycles. The molecule has 1 aromatic carbocycles. The minimum atomic E-state index is -0.935. The van der Waals surface area contributed by atoms with Crippen LogP contribution in [0.25, 0.3) is 0 Å². The molecule has 0 aliphatic carbocycles. The summed E-state index contributed by atoms with van der Waals surface area (Å²) >= 11 is 5.78. The topological polar surface area (TPSA) is 41.1 Å². The lowest BCUT2D eigenvalue weighted by Crippen LogP contribution is -2.35. The Bertz CT molecular complexity index is 403. The van der Waals surface area contributed by atoms with E-state index in [2.05, 4.69) is 10.6 Å². The maximum atomic E-state index is 12.9. The summed E-state index contributed by atoms with van der Waals surface area (Å²) in [4.78, 5) is 11.7. The monoisotopic (exact) mass is 278 g/mol. The number of nitrogens with one attached hydrogen (secondary N) is 2. The van der Waals surface area contributed by atoms with Gasteiger partial charge in [-0.3, -0.25) is 4.79 Å². The maximum Gasteiger partial charge on any atom is 0.241 e. The third kappa shape index (κ3) is 3.84. The second-order valence-corrected chi connectivity index (χ2v) is 4.23. The van der Waals surface area contributed by atoms with E-state index in [4.69, 9.17) is 11.6 Å². The highest BCUT2D eigenvalue weighted by Gasteiger charge is 2.29. The third-order valence-corrected chi connectivity index (χ3v) is 2.72. The predicted molar refractivity (Wildman–Crippen MR) is 68.6 cm³/mol. The van der Waals surface area contributed by atoms with Gasteiger partial charge in [-0.25, -0.2) is 4.39 Å². The second kappa shape index (κ2) is 6.19. The lowest BCUT2D eigenvalue weighted by atomic mass is 10.2. The fourth-order valence-electron chi connectivity index (χ4n) is 1.69. The van der Waals surface area contributed by atoms with Gasteiger partial charge >= 0.3 is 0 Å². The molecule has 2 atom stereocenters. The molecule has 1 saturated heterocycles.